The predicted octanol–water partition coefficient (Wildman–Crippen LogP) is -0.0869. The number of aromatic amines is 1. The van der Waals surface area contributed by atoms with E-state index in [1.165, 1.54) is 0 Å². The Bertz CT molecular complexity index is 805. The maximum absolute atomic E-state index is 12.3. The van der Waals surface area contributed by atoms with E-state index in [1.54, 1.807) is 23.0 Å². The summed E-state index contributed by atoms with van der Waals surface area (Å²) < 4.78 is 1.59. The summed E-state index contributed by atoms with van der Waals surface area (Å²) in [6.07, 6.45) is 4.64. The number of nitrogens with zero attached hydrogens (tertiary/aromatic N) is 5. The molecule has 1 aliphatic heterocycles. The Morgan fingerprint density at radius 2 is 2.00 bits per heavy atom. The highest BCUT2D eigenvalue weighted by molar-refractivity contribution is 5.92. The number of aryl methyl sites for hydroxylation is 2. The lowest BCUT2D eigenvalue weighted by Crippen LogP contribution is -2.49. The van der Waals surface area contributed by atoms with Gasteiger partial charge in [-0.3, -0.25) is 19.6 Å². The number of H-pyrrole nitrogens is 1. The predicted molar refractivity (Wildman–Crippen MR) is 91.5 cm³/mol. The van der Waals surface area contributed by atoms with Gasteiger partial charge in [-0.05, 0) is 30.9 Å². The van der Waals surface area contributed by atoms with Crippen molar-refractivity contribution in [1.82, 2.24) is 29.8 Å². The highest BCUT2D eigenvalue weighted by atomic mass is 16.2. The van der Waals surface area contributed by atoms with Crippen LogP contribution in [0, 0.1) is 0 Å². The van der Waals surface area contributed by atoms with Crippen LogP contribution in [-0.2, 0) is 19.4 Å². The van der Waals surface area contributed by atoms with Crippen LogP contribution in [0.1, 0.15) is 28.2 Å². The molecule has 1 aliphatic carbocycles. The first kappa shape index (κ1) is 16.0. The number of amides is 1. The molecule has 0 atom stereocenters. The van der Waals surface area contributed by atoms with E-state index in [4.69, 9.17) is 0 Å². The molecule has 1 amide bonds. The van der Waals surface area contributed by atoms with E-state index >= 15 is 0 Å². The molecule has 2 aromatic rings. The molecule has 1 saturated heterocycles. The minimum atomic E-state index is -0.00587. The standard InChI is InChI=1S/C17H22N6O2/c24-16-12-13-2-1-3-14(13)20-23(16)11-8-21-6-9-22(10-7-21)17(25)15-4-5-18-19-15/h4-5,12H,1-3,6-11H2,(H,18,19). The average molecular weight is 342 g/mol. The molecule has 3 heterocycles. The van der Waals surface area contributed by atoms with Crippen LogP contribution in [-0.4, -0.2) is 68.4 Å². The molecule has 4 rings (SSSR count). The summed E-state index contributed by atoms with van der Waals surface area (Å²) in [6, 6.07) is 3.44. The second kappa shape index (κ2) is 6.79. The Kier molecular flexibility index (Phi) is 4.35. The van der Waals surface area contributed by atoms with E-state index in [9.17, 15) is 9.59 Å². The average Bonchev–Trinajstić information content (AvgIpc) is 3.31. The van der Waals surface area contributed by atoms with Crippen molar-refractivity contribution >= 4 is 5.91 Å². The molecule has 0 unspecified atom stereocenters. The van der Waals surface area contributed by atoms with Gasteiger partial charge in [-0.15, -0.1) is 0 Å². The third kappa shape index (κ3) is 3.34. The molecule has 0 aromatic carbocycles. The van der Waals surface area contributed by atoms with Crippen molar-refractivity contribution in [3.8, 4) is 0 Å². The Morgan fingerprint density at radius 3 is 2.76 bits per heavy atom. The molecular formula is C17H22N6O2. The van der Waals surface area contributed by atoms with Crippen LogP contribution in [0.5, 0.6) is 0 Å². The second-order valence-electron chi connectivity index (χ2n) is 6.64. The minimum Gasteiger partial charge on any atom is -0.335 e. The van der Waals surface area contributed by atoms with Gasteiger partial charge in [-0.1, -0.05) is 0 Å². The molecule has 2 aromatic heterocycles. The highest BCUT2D eigenvalue weighted by Gasteiger charge is 2.23. The van der Waals surface area contributed by atoms with E-state index in [0.717, 1.165) is 50.2 Å². The summed E-state index contributed by atoms with van der Waals surface area (Å²) in [7, 11) is 0. The van der Waals surface area contributed by atoms with Crippen molar-refractivity contribution in [2.75, 3.05) is 32.7 Å². The molecule has 8 heteroatoms. The Labute approximate surface area is 145 Å². The largest absolute Gasteiger partial charge is 0.335 e. The molecule has 0 bridgehead atoms. The number of carbonyl (C=O) groups excluding carboxylic acids is 1. The van der Waals surface area contributed by atoms with E-state index < -0.39 is 0 Å². The van der Waals surface area contributed by atoms with Gasteiger partial charge in [0.2, 0.25) is 0 Å². The van der Waals surface area contributed by atoms with Crippen LogP contribution in [0.2, 0.25) is 0 Å². The minimum absolute atomic E-state index is 0.00583. The van der Waals surface area contributed by atoms with Crippen molar-refractivity contribution < 1.29 is 4.79 Å². The summed E-state index contributed by atoms with van der Waals surface area (Å²) in [5.74, 6) is -0.00587. The van der Waals surface area contributed by atoms with Gasteiger partial charge in [0.25, 0.3) is 11.5 Å². The fourth-order valence-electron chi connectivity index (χ4n) is 3.56. The Morgan fingerprint density at radius 1 is 1.16 bits per heavy atom. The van der Waals surface area contributed by atoms with Crippen molar-refractivity contribution in [3.05, 3.63) is 45.6 Å². The van der Waals surface area contributed by atoms with Gasteiger partial charge < -0.3 is 4.90 Å². The molecular weight excluding hydrogens is 320 g/mol. The molecule has 0 radical (unpaired) electrons. The molecule has 1 fully saturated rings. The van der Waals surface area contributed by atoms with Gasteiger partial charge in [0.15, 0.2) is 0 Å². The van der Waals surface area contributed by atoms with Gasteiger partial charge in [-0.2, -0.15) is 10.2 Å². The maximum atomic E-state index is 12.3. The van der Waals surface area contributed by atoms with Gasteiger partial charge in [-0.25, -0.2) is 4.68 Å². The van der Waals surface area contributed by atoms with Crippen LogP contribution >= 0.6 is 0 Å². The number of hydrogen-bond donors (Lipinski definition) is 1. The molecule has 0 saturated carbocycles. The van der Waals surface area contributed by atoms with Gasteiger partial charge in [0.1, 0.15) is 5.69 Å². The first-order valence-corrected chi connectivity index (χ1v) is 8.81. The summed E-state index contributed by atoms with van der Waals surface area (Å²) in [6.45, 7) is 4.35. The van der Waals surface area contributed by atoms with Crippen LogP contribution in [0.15, 0.2) is 23.1 Å². The number of aromatic nitrogens is 4. The third-order valence-electron chi connectivity index (χ3n) is 5.04. The SMILES string of the molecule is O=C(c1ccn[nH]1)N1CCN(CCn2nc3c(cc2=O)CCC3)CC1. The molecule has 8 nitrogen and oxygen atoms in total. The van der Waals surface area contributed by atoms with Crippen molar-refractivity contribution in [3.63, 3.8) is 0 Å². The zero-order valence-corrected chi connectivity index (χ0v) is 14.1. The number of piperazine rings is 1. The fourth-order valence-corrected chi connectivity index (χ4v) is 3.56. The first-order chi connectivity index (χ1) is 12.2. The molecule has 2 aliphatic rings. The second-order valence-corrected chi connectivity index (χ2v) is 6.64. The molecule has 0 spiro atoms. The summed E-state index contributed by atoms with van der Waals surface area (Å²) in [5.41, 5.74) is 2.72. The van der Waals surface area contributed by atoms with Crippen LogP contribution in [0.25, 0.3) is 0 Å². The zero-order chi connectivity index (χ0) is 17.2. The van der Waals surface area contributed by atoms with Crippen LogP contribution in [0.4, 0.5) is 0 Å². The zero-order valence-electron chi connectivity index (χ0n) is 14.1. The van der Waals surface area contributed by atoms with Crippen molar-refractivity contribution in [2.45, 2.75) is 25.8 Å². The molecule has 1 N–H and O–H groups in total. The summed E-state index contributed by atoms with van der Waals surface area (Å²) in [5, 5.41) is 11.1. The Hall–Kier alpha value is -2.48. The van der Waals surface area contributed by atoms with Gasteiger partial charge in [0, 0.05) is 45.0 Å². The van der Waals surface area contributed by atoms with Gasteiger partial charge in [0.05, 0.1) is 12.2 Å². The van der Waals surface area contributed by atoms with Crippen LogP contribution in [0.3, 0.4) is 0 Å². The van der Waals surface area contributed by atoms with E-state index in [0.29, 0.717) is 25.3 Å². The molecule has 25 heavy (non-hydrogen) atoms. The lowest BCUT2D eigenvalue weighted by atomic mass is 10.2. The number of carbonyl (C=O) groups is 1. The third-order valence-corrected chi connectivity index (χ3v) is 5.04. The first-order valence-electron chi connectivity index (χ1n) is 8.81. The molecule has 132 valence electrons. The number of nitrogens with one attached hydrogen (secondary N) is 1. The van der Waals surface area contributed by atoms with E-state index in [1.807, 2.05) is 4.90 Å². The maximum Gasteiger partial charge on any atom is 0.271 e. The van der Waals surface area contributed by atoms with E-state index in [-0.39, 0.29) is 11.5 Å². The van der Waals surface area contributed by atoms with Crippen LogP contribution < -0.4 is 5.56 Å². The lowest BCUT2D eigenvalue weighted by Gasteiger charge is -2.34. The lowest BCUT2D eigenvalue weighted by molar-refractivity contribution is 0.0625. The topological polar surface area (TPSA) is 87.1 Å². The van der Waals surface area contributed by atoms with Crippen molar-refractivity contribution in [2.24, 2.45) is 0 Å². The monoisotopic (exact) mass is 342 g/mol. The highest BCUT2D eigenvalue weighted by Crippen LogP contribution is 2.17. The van der Waals surface area contributed by atoms with Gasteiger partial charge >= 0.3 is 0 Å². The smallest absolute Gasteiger partial charge is 0.271 e. The van der Waals surface area contributed by atoms with Crippen molar-refractivity contribution in [1.29, 1.82) is 0 Å². The Balaban J connectivity index is 1.31. The number of fused-ring (bicyclic) bond motifs is 1. The number of hydrogen-bond acceptors (Lipinski definition) is 5. The summed E-state index contributed by atoms with van der Waals surface area (Å²) >= 11 is 0. The quantitative estimate of drug-likeness (QED) is 0.839. The normalized spacial score (nSPS) is 17.7. The van der Waals surface area contributed by atoms with E-state index in [2.05, 4.69) is 20.2 Å². The summed E-state index contributed by atoms with van der Waals surface area (Å²) in [4.78, 5) is 28.5. The number of rotatable bonds is 4. The fraction of sp³-hybridized carbons (Fsp3) is 0.529.